The zero-order valence-electron chi connectivity index (χ0n) is 10.3. The summed E-state index contributed by atoms with van der Waals surface area (Å²) in [5, 5.41) is 1.17. The molecule has 0 atom stereocenters. The van der Waals surface area contributed by atoms with Crippen LogP contribution in [0.4, 0.5) is 0 Å². The van der Waals surface area contributed by atoms with Crippen molar-refractivity contribution in [2.75, 3.05) is 0 Å². The third kappa shape index (κ3) is 1.42. The Balaban J connectivity index is 2.49. The summed E-state index contributed by atoms with van der Waals surface area (Å²) >= 11 is 0. The molecule has 0 aliphatic heterocycles. The molecular formula is C14H15N3. The lowest BCUT2D eigenvalue weighted by Gasteiger charge is -2.05. The molecule has 0 saturated heterocycles. The van der Waals surface area contributed by atoms with Crippen LogP contribution in [0.25, 0.3) is 21.9 Å². The third-order valence-electron chi connectivity index (χ3n) is 3.16. The molecule has 0 radical (unpaired) electrons. The molecule has 3 rings (SSSR count). The Morgan fingerprint density at radius 1 is 1.12 bits per heavy atom. The van der Waals surface area contributed by atoms with E-state index in [-0.39, 0.29) is 0 Å². The summed E-state index contributed by atoms with van der Waals surface area (Å²) < 4.78 is 2.18. The van der Waals surface area contributed by atoms with Crippen molar-refractivity contribution in [2.24, 2.45) is 7.05 Å². The average molecular weight is 225 g/mol. The molecule has 3 aromatic rings. The van der Waals surface area contributed by atoms with Gasteiger partial charge in [-0.1, -0.05) is 32.0 Å². The maximum Gasteiger partial charge on any atom is 0.112 e. The normalized spacial score (nSPS) is 11.8. The standard InChI is InChI=1S/C14H15N3/c1-9(2)14-16-12-8-15-11-7-5-4-6-10(11)13(12)17(14)3/h4-9H,1-3H3. The lowest BCUT2D eigenvalue weighted by Crippen LogP contribution is -1.99. The molecule has 0 aliphatic rings. The van der Waals surface area contributed by atoms with Crippen molar-refractivity contribution in [3.8, 4) is 0 Å². The molecule has 2 aromatic heterocycles. The fraction of sp³-hybridized carbons (Fsp3) is 0.286. The summed E-state index contributed by atoms with van der Waals surface area (Å²) in [6.45, 7) is 4.33. The van der Waals surface area contributed by atoms with Crippen molar-refractivity contribution < 1.29 is 0 Å². The molecule has 3 heteroatoms. The van der Waals surface area contributed by atoms with Crippen molar-refractivity contribution in [3.05, 3.63) is 36.3 Å². The lowest BCUT2D eigenvalue weighted by molar-refractivity contribution is 0.723. The largest absolute Gasteiger partial charge is 0.330 e. The number of pyridine rings is 1. The van der Waals surface area contributed by atoms with Gasteiger partial charge in [0.05, 0.1) is 17.2 Å². The summed E-state index contributed by atoms with van der Waals surface area (Å²) in [4.78, 5) is 9.11. The minimum absolute atomic E-state index is 0.422. The van der Waals surface area contributed by atoms with Crippen molar-refractivity contribution in [3.63, 3.8) is 0 Å². The van der Waals surface area contributed by atoms with Gasteiger partial charge < -0.3 is 4.57 Å². The minimum atomic E-state index is 0.422. The van der Waals surface area contributed by atoms with Gasteiger partial charge in [-0.2, -0.15) is 0 Å². The topological polar surface area (TPSA) is 30.7 Å². The van der Waals surface area contributed by atoms with Crippen LogP contribution >= 0.6 is 0 Å². The third-order valence-corrected chi connectivity index (χ3v) is 3.16. The second-order valence-electron chi connectivity index (χ2n) is 4.69. The molecule has 0 bridgehead atoms. The van der Waals surface area contributed by atoms with E-state index in [1.54, 1.807) is 0 Å². The van der Waals surface area contributed by atoms with Gasteiger partial charge >= 0.3 is 0 Å². The fourth-order valence-corrected chi connectivity index (χ4v) is 2.38. The van der Waals surface area contributed by atoms with Gasteiger partial charge in [0.2, 0.25) is 0 Å². The number of hydrogen-bond acceptors (Lipinski definition) is 2. The molecule has 2 heterocycles. The lowest BCUT2D eigenvalue weighted by atomic mass is 10.2. The minimum Gasteiger partial charge on any atom is -0.330 e. The monoisotopic (exact) mass is 225 g/mol. The van der Waals surface area contributed by atoms with E-state index in [0.717, 1.165) is 16.9 Å². The first-order chi connectivity index (χ1) is 8.18. The van der Waals surface area contributed by atoms with Gasteiger partial charge in [0.25, 0.3) is 0 Å². The zero-order chi connectivity index (χ0) is 12.0. The highest BCUT2D eigenvalue weighted by Crippen LogP contribution is 2.26. The van der Waals surface area contributed by atoms with Gasteiger partial charge in [-0.05, 0) is 6.07 Å². The second-order valence-corrected chi connectivity index (χ2v) is 4.69. The Labute approximate surface area is 100 Å². The number of nitrogens with zero attached hydrogens (tertiary/aromatic N) is 3. The quantitative estimate of drug-likeness (QED) is 0.636. The van der Waals surface area contributed by atoms with Gasteiger partial charge in [0, 0.05) is 18.4 Å². The van der Waals surface area contributed by atoms with Gasteiger partial charge in [-0.15, -0.1) is 0 Å². The number of aromatic nitrogens is 3. The Morgan fingerprint density at radius 2 is 1.88 bits per heavy atom. The van der Waals surface area contributed by atoms with Crippen LogP contribution < -0.4 is 0 Å². The Kier molecular flexibility index (Phi) is 2.15. The second kappa shape index (κ2) is 3.55. The van der Waals surface area contributed by atoms with Crippen LogP contribution in [-0.2, 0) is 7.05 Å². The molecule has 3 nitrogen and oxygen atoms in total. The van der Waals surface area contributed by atoms with Gasteiger partial charge in [0.15, 0.2) is 0 Å². The number of benzene rings is 1. The Bertz CT molecular complexity index is 695. The molecular weight excluding hydrogens is 210 g/mol. The number of aryl methyl sites for hydroxylation is 1. The van der Waals surface area contributed by atoms with Crippen LogP contribution in [0.5, 0.6) is 0 Å². The number of fused-ring (bicyclic) bond motifs is 3. The summed E-state index contributed by atoms with van der Waals surface area (Å²) in [6.07, 6.45) is 1.86. The number of rotatable bonds is 1. The van der Waals surface area contributed by atoms with Gasteiger partial charge in [-0.3, -0.25) is 4.98 Å². The Morgan fingerprint density at radius 3 is 2.65 bits per heavy atom. The molecule has 0 aliphatic carbocycles. The maximum absolute atomic E-state index is 4.66. The molecule has 0 spiro atoms. The summed E-state index contributed by atoms with van der Waals surface area (Å²) in [6, 6.07) is 8.21. The predicted octanol–water partition coefficient (Wildman–Crippen LogP) is 3.24. The van der Waals surface area contributed by atoms with E-state index in [2.05, 4.69) is 41.5 Å². The SMILES string of the molecule is CC(C)c1nc2cnc3ccccc3c2n1C. The number of para-hydroxylation sites is 1. The highest BCUT2D eigenvalue weighted by atomic mass is 15.1. The van der Waals surface area contributed by atoms with Crippen molar-refractivity contribution in [2.45, 2.75) is 19.8 Å². The van der Waals surface area contributed by atoms with Crippen LogP contribution in [0.3, 0.4) is 0 Å². The van der Waals surface area contributed by atoms with Gasteiger partial charge in [-0.25, -0.2) is 4.98 Å². The van der Waals surface area contributed by atoms with E-state index in [1.807, 2.05) is 24.4 Å². The van der Waals surface area contributed by atoms with E-state index < -0.39 is 0 Å². The van der Waals surface area contributed by atoms with Crippen LogP contribution in [-0.4, -0.2) is 14.5 Å². The summed E-state index contributed by atoms with van der Waals surface area (Å²) in [5.74, 6) is 1.53. The van der Waals surface area contributed by atoms with E-state index in [9.17, 15) is 0 Å². The zero-order valence-corrected chi connectivity index (χ0v) is 10.3. The molecule has 0 saturated carbocycles. The molecule has 0 fully saturated rings. The molecule has 0 unspecified atom stereocenters. The van der Waals surface area contributed by atoms with Crippen molar-refractivity contribution in [1.29, 1.82) is 0 Å². The first-order valence-corrected chi connectivity index (χ1v) is 5.88. The van der Waals surface area contributed by atoms with Crippen molar-refractivity contribution in [1.82, 2.24) is 14.5 Å². The van der Waals surface area contributed by atoms with Crippen LogP contribution in [0.2, 0.25) is 0 Å². The van der Waals surface area contributed by atoms with Crippen LogP contribution in [0.15, 0.2) is 30.5 Å². The van der Waals surface area contributed by atoms with E-state index in [0.29, 0.717) is 5.92 Å². The molecule has 0 amide bonds. The molecule has 0 N–H and O–H groups in total. The van der Waals surface area contributed by atoms with Gasteiger partial charge in [0.1, 0.15) is 11.3 Å². The first-order valence-electron chi connectivity index (χ1n) is 5.88. The van der Waals surface area contributed by atoms with E-state index in [1.165, 1.54) is 10.9 Å². The smallest absolute Gasteiger partial charge is 0.112 e. The van der Waals surface area contributed by atoms with E-state index >= 15 is 0 Å². The fourth-order valence-electron chi connectivity index (χ4n) is 2.38. The number of hydrogen-bond donors (Lipinski definition) is 0. The van der Waals surface area contributed by atoms with Crippen molar-refractivity contribution >= 4 is 21.9 Å². The van der Waals surface area contributed by atoms with Crippen LogP contribution in [0.1, 0.15) is 25.6 Å². The Hall–Kier alpha value is -1.90. The predicted molar refractivity (Wildman–Crippen MR) is 70.1 cm³/mol. The van der Waals surface area contributed by atoms with E-state index in [4.69, 9.17) is 0 Å². The number of imidazole rings is 1. The average Bonchev–Trinajstić information content (AvgIpc) is 2.67. The highest BCUT2D eigenvalue weighted by Gasteiger charge is 2.13. The van der Waals surface area contributed by atoms with Crippen LogP contribution in [0, 0.1) is 0 Å². The molecule has 1 aromatic carbocycles. The molecule has 17 heavy (non-hydrogen) atoms. The maximum atomic E-state index is 4.66. The summed E-state index contributed by atoms with van der Waals surface area (Å²) in [7, 11) is 2.08. The summed E-state index contributed by atoms with van der Waals surface area (Å²) in [5.41, 5.74) is 3.19. The highest BCUT2D eigenvalue weighted by molar-refractivity contribution is 6.02. The first kappa shape index (κ1) is 10.3. The molecule has 86 valence electrons.